The minimum atomic E-state index is -3.12. The molecule has 0 amide bonds. The third-order valence-electron chi connectivity index (χ3n) is 4.47. The Hall–Kier alpha value is -1.14. The van der Waals surface area contributed by atoms with Crippen LogP contribution in [0.3, 0.4) is 0 Å². The van der Waals surface area contributed by atoms with E-state index in [0.29, 0.717) is 31.3 Å². The molecule has 1 heterocycles. The predicted octanol–water partition coefficient (Wildman–Crippen LogP) is 2.19. The number of guanidine groups is 1. The second-order valence-corrected chi connectivity index (χ2v) is 8.81. The predicted molar refractivity (Wildman–Crippen MR) is 120 cm³/mol. The SMILES string of the molecule is CCS(=O)(=O)N1CCC(NC(=NC)NCC(C)Oc2cccc(F)c2)CC1.I. The Morgan fingerprint density at radius 1 is 1.39 bits per heavy atom. The molecule has 0 radical (unpaired) electrons. The van der Waals surface area contributed by atoms with Crippen LogP contribution in [0, 0.1) is 5.82 Å². The van der Waals surface area contributed by atoms with Crippen LogP contribution in [-0.4, -0.2) is 63.3 Å². The number of halogens is 2. The van der Waals surface area contributed by atoms with Crippen molar-refractivity contribution in [1.82, 2.24) is 14.9 Å². The first-order valence-electron chi connectivity index (χ1n) is 9.21. The standard InChI is InChI=1S/C18H29FN4O3S.HI/c1-4-27(24,25)23-10-8-16(9-11-23)22-18(20-3)21-13-14(2)26-17-7-5-6-15(19)12-17;/h5-7,12,14,16H,4,8-11,13H2,1-3H3,(H2,20,21,22);1H. The summed E-state index contributed by atoms with van der Waals surface area (Å²) < 4.78 is 44.3. The largest absolute Gasteiger partial charge is 0.489 e. The highest BCUT2D eigenvalue weighted by Crippen LogP contribution is 2.15. The van der Waals surface area contributed by atoms with Gasteiger partial charge in [-0.15, -0.1) is 24.0 Å². The summed E-state index contributed by atoms with van der Waals surface area (Å²) in [7, 11) is -1.43. The molecule has 1 saturated heterocycles. The molecule has 0 bridgehead atoms. The molecule has 1 aromatic rings. The van der Waals surface area contributed by atoms with E-state index >= 15 is 0 Å². The molecular formula is C18H30FIN4O3S. The number of nitrogens with zero attached hydrogens (tertiary/aromatic N) is 2. The van der Waals surface area contributed by atoms with Crippen LogP contribution in [0.5, 0.6) is 5.75 Å². The highest BCUT2D eigenvalue weighted by atomic mass is 127. The van der Waals surface area contributed by atoms with Gasteiger partial charge < -0.3 is 15.4 Å². The molecule has 1 atom stereocenters. The molecule has 0 saturated carbocycles. The van der Waals surface area contributed by atoms with E-state index in [-0.39, 0.29) is 47.7 Å². The number of piperidine rings is 1. The Labute approximate surface area is 184 Å². The summed E-state index contributed by atoms with van der Waals surface area (Å²) in [5.74, 6) is 0.928. The van der Waals surface area contributed by atoms with Crippen molar-refractivity contribution in [3.63, 3.8) is 0 Å². The molecule has 0 spiro atoms. The number of sulfonamides is 1. The first kappa shape index (κ1) is 24.9. The Bertz CT molecular complexity index is 740. The van der Waals surface area contributed by atoms with Crippen LogP contribution in [0.2, 0.25) is 0 Å². The van der Waals surface area contributed by atoms with E-state index in [1.54, 1.807) is 30.4 Å². The Kier molecular flexibility index (Phi) is 10.5. The van der Waals surface area contributed by atoms with Gasteiger partial charge >= 0.3 is 0 Å². The van der Waals surface area contributed by atoms with E-state index in [4.69, 9.17) is 4.74 Å². The lowest BCUT2D eigenvalue weighted by molar-refractivity contribution is 0.222. The summed E-state index contributed by atoms with van der Waals surface area (Å²) in [6.07, 6.45) is 1.28. The summed E-state index contributed by atoms with van der Waals surface area (Å²) in [5.41, 5.74) is 0. The summed E-state index contributed by atoms with van der Waals surface area (Å²) in [5, 5.41) is 6.52. The van der Waals surface area contributed by atoms with Crippen molar-refractivity contribution in [3.8, 4) is 5.75 Å². The van der Waals surface area contributed by atoms with Crippen molar-refractivity contribution in [2.45, 2.75) is 38.8 Å². The van der Waals surface area contributed by atoms with E-state index in [9.17, 15) is 12.8 Å². The third kappa shape index (κ3) is 7.70. The number of benzene rings is 1. The van der Waals surface area contributed by atoms with Crippen LogP contribution in [0.15, 0.2) is 29.3 Å². The van der Waals surface area contributed by atoms with Gasteiger partial charge in [-0.2, -0.15) is 0 Å². The Balaban J connectivity index is 0.00000392. The maximum atomic E-state index is 13.2. The van der Waals surface area contributed by atoms with E-state index in [1.165, 1.54) is 12.1 Å². The third-order valence-corrected chi connectivity index (χ3v) is 6.35. The molecule has 2 rings (SSSR count). The second-order valence-electron chi connectivity index (χ2n) is 6.56. The fourth-order valence-corrected chi connectivity index (χ4v) is 4.04. The second kappa shape index (κ2) is 11.8. The monoisotopic (exact) mass is 528 g/mol. The number of ether oxygens (including phenoxy) is 1. The van der Waals surface area contributed by atoms with Gasteiger partial charge in [0.05, 0.1) is 12.3 Å². The van der Waals surface area contributed by atoms with Crippen LogP contribution in [0.1, 0.15) is 26.7 Å². The van der Waals surface area contributed by atoms with Gasteiger partial charge in [0.1, 0.15) is 17.7 Å². The van der Waals surface area contributed by atoms with Crippen LogP contribution in [0.25, 0.3) is 0 Å². The normalized spacial score (nSPS) is 17.5. The molecule has 1 aliphatic heterocycles. The van der Waals surface area contributed by atoms with Gasteiger partial charge in [-0.3, -0.25) is 4.99 Å². The smallest absolute Gasteiger partial charge is 0.213 e. The molecule has 1 unspecified atom stereocenters. The van der Waals surface area contributed by atoms with Crippen molar-refractivity contribution >= 4 is 40.0 Å². The molecule has 1 fully saturated rings. The zero-order valence-corrected chi connectivity index (χ0v) is 19.7. The Morgan fingerprint density at radius 3 is 2.64 bits per heavy atom. The molecule has 7 nitrogen and oxygen atoms in total. The van der Waals surface area contributed by atoms with Crippen molar-refractivity contribution in [2.75, 3.05) is 32.4 Å². The average molecular weight is 528 g/mol. The van der Waals surface area contributed by atoms with Crippen LogP contribution in [-0.2, 0) is 10.0 Å². The lowest BCUT2D eigenvalue weighted by Crippen LogP contribution is -2.51. The van der Waals surface area contributed by atoms with Gasteiger partial charge in [0.15, 0.2) is 5.96 Å². The topological polar surface area (TPSA) is 83.0 Å². The minimum Gasteiger partial charge on any atom is -0.489 e. The maximum absolute atomic E-state index is 13.2. The van der Waals surface area contributed by atoms with Gasteiger partial charge in [0.25, 0.3) is 0 Å². The van der Waals surface area contributed by atoms with Crippen LogP contribution < -0.4 is 15.4 Å². The molecule has 0 aliphatic carbocycles. The summed E-state index contributed by atoms with van der Waals surface area (Å²) in [4.78, 5) is 4.21. The fraction of sp³-hybridized carbons (Fsp3) is 0.611. The van der Waals surface area contributed by atoms with Gasteiger partial charge in [0, 0.05) is 32.2 Å². The first-order valence-corrected chi connectivity index (χ1v) is 10.8. The number of hydrogen-bond acceptors (Lipinski definition) is 4. The number of nitrogens with one attached hydrogen (secondary N) is 2. The summed E-state index contributed by atoms with van der Waals surface area (Å²) in [6, 6.07) is 6.21. The zero-order valence-electron chi connectivity index (χ0n) is 16.5. The van der Waals surface area contributed by atoms with Gasteiger partial charge in [-0.1, -0.05) is 6.07 Å². The minimum absolute atomic E-state index is 0. The molecule has 0 aromatic heterocycles. The highest BCUT2D eigenvalue weighted by Gasteiger charge is 2.27. The quantitative estimate of drug-likeness (QED) is 0.322. The summed E-state index contributed by atoms with van der Waals surface area (Å²) >= 11 is 0. The maximum Gasteiger partial charge on any atom is 0.213 e. The van der Waals surface area contributed by atoms with Crippen molar-refractivity contribution < 1.29 is 17.5 Å². The van der Waals surface area contributed by atoms with Gasteiger partial charge in [-0.25, -0.2) is 17.1 Å². The molecular weight excluding hydrogens is 498 g/mol. The number of aliphatic imine (C=N–C) groups is 1. The first-order chi connectivity index (χ1) is 12.8. The van der Waals surface area contributed by atoms with Crippen molar-refractivity contribution in [3.05, 3.63) is 30.1 Å². The number of rotatable bonds is 7. The van der Waals surface area contributed by atoms with E-state index < -0.39 is 10.0 Å². The molecule has 28 heavy (non-hydrogen) atoms. The molecule has 2 N–H and O–H groups in total. The summed E-state index contributed by atoms with van der Waals surface area (Å²) in [6.45, 7) is 5.09. The highest BCUT2D eigenvalue weighted by molar-refractivity contribution is 14.0. The van der Waals surface area contributed by atoms with E-state index in [1.807, 2.05) is 6.92 Å². The van der Waals surface area contributed by atoms with E-state index in [2.05, 4.69) is 15.6 Å². The van der Waals surface area contributed by atoms with Crippen LogP contribution in [0.4, 0.5) is 4.39 Å². The lowest BCUT2D eigenvalue weighted by Gasteiger charge is -2.32. The number of hydrogen-bond donors (Lipinski definition) is 2. The van der Waals surface area contributed by atoms with Crippen LogP contribution >= 0.6 is 24.0 Å². The van der Waals surface area contributed by atoms with Crippen molar-refractivity contribution in [1.29, 1.82) is 0 Å². The Morgan fingerprint density at radius 2 is 2.07 bits per heavy atom. The lowest BCUT2D eigenvalue weighted by atomic mass is 10.1. The van der Waals surface area contributed by atoms with E-state index in [0.717, 1.165) is 12.8 Å². The van der Waals surface area contributed by atoms with Gasteiger partial charge in [0.2, 0.25) is 10.0 Å². The molecule has 160 valence electrons. The zero-order chi connectivity index (χ0) is 19.9. The molecule has 1 aromatic carbocycles. The van der Waals surface area contributed by atoms with Crippen molar-refractivity contribution in [2.24, 2.45) is 4.99 Å². The molecule has 1 aliphatic rings. The molecule has 10 heteroatoms. The van der Waals surface area contributed by atoms with Gasteiger partial charge in [-0.05, 0) is 38.8 Å². The fourth-order valence-electron chi connectivity index (χ4n) is 2.90. The average Bonchev–Trinajstić information content (AvgIpc) is 2.65.